The van der Waals surface area contributed by atoms with Crippen molar-refractivity contribution in [3.63, 3.8) is 0 Å². The molecule has 2 fully saturated rings. The Bertz CT molecular complexity index is 809. The zero-order valence-corrected chi connectivity index (χ0v) is 15.1. The van der Waals surface area contributed by atoms with Crippen LogP contribution >= 0.6 is 11.0 Å². The Labute approximate surface area is 154 Å². The summed E-state index contributed by atoms with van der Waals surface area (Å²) in [6.45, 7) is 2.37. The van der Waals surface area contributed by atoms with Crippen molar-refractivity contribution in [2.24, 2.45) is 0 Å². The minimum atomic E-state index is -3.05. The number of benzene rings is 1. The molecular formula is C18H21N5O2S. The Morgan fingerprint density at radius 3 is 2.35 bits per heavy atom. The van der Waals surface area contributed by atoms with E-state index in [1.807, 2.05) is 36.4 Å². The molecule has 7 nitrogen and oxygen atoms in total. The van der Waals surface area contributed by atoms with Gasteiger partial charge in [0.15, 0.2) is 6.19 Å². The molecule has 136 valence electrons. The summed E-state index contributed by atoms with van der Waals surface area (Å²) in [5, 5.41) is 9.03. The molecule has 0 unspecified atom stereocenters. The third kappa shape index (κ3) is 2.99. The highest BCUT2D eigenvalue weighted by molar-refractivity contribution is 8.23. The van der Waals surface area contributed by atoms with E-state index < -0.39 is 11.0 Å². The lowest BCUT2D eigenvalue weighted by molar-refractivity contribution is 0.310. The summed E-state index contributed by atoms with van der Waals surface area (Å²) in [6.07, 6.45) is 6.43. The maximum Gasteiger partial charge on any atom is 0.179 e. The molecule has 0 bridgehead atoms. The van der Waals surface area contributed by atoms with Crippen molar-refractivity contribution >= 4 is 16.6 Å². The summed E-state index contributed by atoms with van der Waals surface area (Å²) < 4.78 is 25.2. The Hall–Kier alpha value is -2.31. The number of likely N-dealkylation sites (tertiary alicyclic amines) is 1. The van der Waals surface area contributed by atoms with Gasteiger partial charge in [-0.3, -0.25) is 18.4 Å². The molecule has 2 N–H and O–H groups in total. The number of hydrogen-bond donors (Lipinski definition) is 2. The lowest BCUT2D eigenvalue weighted by Crippen LogP contribution is -2.38. The van der Waals surface area contributed by atoms with Gasteiger partial charge < -0.3 is 4.90 Å². The predicted molar refractivity (Wildman–Crippen MR) is 102 cm³/mol. The van der Waals surface area contributed by atoms with E-state index in [2.05, 4.69) is 11.2 Å². The molecule has 1 aromatic heterocycles. The number of hydrogen-bond acceptors (Lipinski definition) is 7. The highest BCUT2D eigenvalue weighted by Crippen LogP contribution is 2.55. The van der Waals surface area contributed by atoms with Gasteiger partial charge in [0, 0.05) is 32.0 Å². The fourth-order valence-electron chi connectivity index (χ4n) is 3.65. The topological polar surface area (TPSA) is 86.9 Å². The second-order valence-corrected chi connectivity index (χ2v) is 8.39. The van der Waals surface area contributed by atoms with E-state index in [-0.39, 0.29) is 6.04 Å². The fourth-order valence-corrected chi connectivity index (χ4v) is 5.53. The first-order chi connectivity index (χ1) is 12.6. The number of pyridine rings is 1. The standard InChI is InChI=1S/C18H21N5O2S/c19-14-21-10-7-18(13-21)23-12-11-22(26(23,24)25)17-3-1-15(2-4-17)16-5-8-20-9-6-16/h1-6,8-9,18,24-25H,7,10-13H2/t18-/m0/s1. The van der Waals surface area contributed by atoms with E-state index >= 15 is 0 Å². The van der Waals surface area contributed by atoms with Gasteiger partial charge in [-0.25, -0.2) is 0 Å². The molecule has 2 aliphatic heterocycles. The lowest BCUT2D eigenvalue weighted by Gasteiger charge is -2.45. The van der Waals surface area contributed by atoms with Crippen molar-refractivity contribution in [1.82, 2.24) is 14.2 Å². The third-order valence-electron chi connectivity index (χ3n) is 5.01. The molecule has 0 aliphatic carbocycles. The molecule has 2 aliphatic rings. The van der Waals surface area contributed by atoms with Crippen LogP contribution in [0.5, 0.6) is 0 Å². The third-order valence-corrected chi connectivity index (χ3v) is 7.11. The molecule has 1 aromatic carbocycles. The molecule has 3 heterocycles. The van der Waals surface area contributed by atoms with Crippen molar-refractivity contribution in [2.75, 3.05) is 30.5 Å². The zero-order valence-electron chi connectivity index (χ0n) is 14.3. The van der Waals surface area contributed by atoms with Crippen molar-refractivity contribution in [3.05, 3.63) is 48.8 Å². The Morgan fingerprint density at radius 1 is 1.00 bits per heavy atom. The fraction of sp³-hybridized carbons (Fsp3) is 0.333. The quantitative estimate of drug-likeness (QED) is 0.802. The highest BCUT2D eigenvalue weighted by Gasteiger charge is 2.43. The predicted octanol–water partition coefficient (Wildman–Crippen LogP) is 3.01. The monoisotopic (exact) mass is 371 g/mol. The molecule has 0 radical (unpaired) electrons. The number of nitriles is 1. The zero-order chi connectivity index (χ0) is 18.1. The molecule has 8 heteroatoms. The van der Waals surface area contributed by atoms with Crippen LogP contribution in [0.15, 0.2) is 48.8 Å². The summed E-state index contributed by atoms with van der Waals surface area (Å²) in [6, 6.07) is 11.7. The van der Waals surface area contributed by atoms with Crippen LogP contribution in [0.1, 0.15) is 6.42 Å². The minimum Gasteiger partial charge on any atom is -0.309 e. The van der Waals surface area contributed by atoms with Crippen LogP contribution in [0.4, 0.5) is 5.69 Å². The normalized spacial score (nSPS) is 23.8. The van der Waals surface area contributed by atoms with E-state index in [0.717, 1.165) is 23.2 Å². The van der Waals surface area contributed by atoms with Crippen LogP contribution in [0.25, 0.3) is 11.1 Å². The SMILES string of the molecule is N#CN1CC[C@H](N2CCN(c3ccc(-c4ccncc4)cc3)S2(O)O)C1. The van der Waals surface area contributed by atoms with Crippen molar-refractivity contribution in [3.8, 4) is 17.3 Å². The molecule has 1 atom stereocenters. The van der Waals surface area contributed by atoms with Gasteiger partial charge in [-0.05, 0) is 41.8 Å². The molecule has 0 spiro atoms. The largest absolute Gasteiger partial charge is 0.309 e. The lowest BCUT2D eigenvalue weighted by atomic mass is 10.1. The van der Waals surface area contributed by atoms with Gasteiger partial charge in [-0.15, -0.1) is 0 Å². The van der Waals surface area contributed by atoms with Crippen LogP contribution in [0.2, 0.25) is 0 Å². The molecule has 2 saturated heterocycles. The van der Waals surface area contributed by atoms with E-state index in [9.17, 15) is 9.11 Å². The summed E-state index contributed by atoms with van der Waals surface area (Å²) in [5.74, 6) is 0. The van der Waals surface area contributed by atoms with Gasteiger partial charge in [0.2, 0.25) is 0 Å². The molecule has 0 saturated carbocycles. The second-order valence-electron chi connectivity index (χ2n) is 6.50. The molecule has 4 rings (SSSR count). The van der Waals surface area contributed by atoms with Gasteiger partial charge >= 0.3 is 0 Å². The summed E-state index contributed by atoms with van der Waals surface area (Å²) in [4.78, 5) is 5.70. The van der Waals surface area contributed by atoms with Gasteiger partial charge in [0.05, 0.1) is 18.3 Å². The van der Waals surface area contributed by atoms with Crippen LogP contribution in [0, 0.1) is 11.5 Å². The van der Waals surface area contributed by atoms with E-state index in [4.69, 9.17) is 5.26 Å². The van der Waals surface area contributed by atoms with Crippen LogP contribution < -0.4 is 4.31 Å². The second kappa shape index (κ2) is 6.78. The van der Waals surface area contributed by atoms with Crippen LogP contribution in [-0.2, 0) is 0 Å². The number of nitrogens with zero attached hydrogens (tertiary/aromatic N) is 5. The Morgan fingerprint density at radius 2 is 1.69 bits per heavy atom. The summed E-state index contributed by atoms with van der Waals surface area (Å²) in [7, 11) is -3.05. The van der Waals surface area contributed by atoms with Gasteiger partial charge in [0.1, 0.15) is 0 Å². The Balaban J connectivity index is 1.52. The first-order valence-corrected chi connectivity index (χ1v) is 10.0. The number of anilines is 1. The van der Waals surface area contributed by atoms with Crippen molar-refractivity contribution in [1.29, 1.82) is 5.26 Å². The van der Waals surface area contributed by atoms with Crippen molar-refractivity contribution in [2.45, 2.75) is 12.5 Å². The maximum absolute atomic E-state index is 10.9. The van der Waals surface area contributed by atoms with Crippen LogP contribution in [-0.4, -0.2) is 55.5 Å². The van der Waals surface area contributed by atoms with Crippen LogP contribution in [0.3, 0.4) is 0 Å². The van der Waals surface area contributed by atoms with E-state index in [0.29, 0.717) is 26.2 Å². The summed E-state index contributed by atoms with van der Waals surface area (Å²) in [5.41, 5.74) is 2.92. The minimum absolute atomic E-state index is 0.000687. The average molecular weight is 371 g/mol. The summed E-state index contributed by atoms with van der Waals surface area (Å²) >= 11 is 0. The molecular weight excluding hydrogens is 350 g/mol. The Kier molecular flexibility index (Phi) is 4.46. The number of rotatable bonds is 3. The molecule has 0 amide bonds. The molecule has 26 heavy (non-hydrogen) atoms. The maximum atomic E-state index is 10.9. The number of aromatic nitrogens is 1. The van der Waals surface area contributed by atoms with Crippen molar-refractivity contribution < 1.29 is 9.11 Å². The first kappa shape index (κ1) is 17.1. The van der Waals surface area contributed by atoms with E-state index in [1.54, 1.807) is 25.9 Å². The van der Waals surface area contributed by atoms with Gasteiger partial charge in [-0.2, -0.15) is 9.57 Å². The average Bonchev–Trinajstić information content (AvgIpc) is 3.26. The first-order valence-electron chi connectivity index (χ1n) is 8.57. The smallest absolute Gasteiger partial charge is 0.179 e. The molecule has 2 aromatic rings. The highest BCUT2D eigenvalue weighted by atomic mass is 32.3. The van der Waals surface area contributed by atoms with Gasteiger partial charge in [-0.1, -0.05) is 23.1 Å². The van der Waals surface area contributed by atoms with E-state index in [1.165, 1.54) is 0 Å². The van der Waals surface area contributed by atoms with Gasteiger partial charge in [0.25, 0.3) is 0 Å².